The zero-order chi connectivity index (χ0) is 10.0. The molecular weight excluding hydrogens is 168 g/mol. The number of aliphatic hydroxyl groups excluding tert-OH is 1. The number of aryl methyl sites for hydroxylation is 1. The lowest BCUT2D eigenvalue weighted by Gasteiger charge is -2.05. The Labute approximate surface area is 77.2 Å². The lowest BCUT2D eigenvalue weighted by Crippen LogP contribution is -2.14. The lowest BCUT2D eigenvalue weighted by atomic mass is 10.2. The molecule has 0 saturated carbocycles. The number of carbonyl (C=O) groups is 1. The number of carbonyl (C=O) groups excluding carboxylic acids is 1. The van der Waals surface area contributed by atoms with Crippen molar-refractivity contribution in [3.05, 3.63) is 17.0 Å². The van der Waals surface area contributed by atoms with Gasteiger partial charge in [0.25, 0.3) is 0 Å². The third-order valence-electron chi connectivity index (χ3n) is 1.99. The molecule has 0 aromatic carbocycles. The highest BCUT2D eigenvalue weighted by molar-refractivity contribution is 5.77. The minimum atomic E-state index is -0.447. The molecule has 1 heterocycles. The number of aromatic nitrogens is 2. The molecule has 0 spiro atoms. The Bertz CT molecular complexity index is 316. The van der Waals surface area contributed by atoms with Crippen LogP contribution in [-0.2, 0) is 6.54 Å². The topological polar surface area (TPSA) is 55.1 Å². The molecular formula is C9H14N2O2. The number of hydrogen-bond donors (Lipinski definition) is 1. The van der Waals surface area contributed by atoms with Gasteiger partial charge >= 0.3 is 0 Å². The molecule has 13 heavy (non-hydrogen) atoms. The summed E-state index contributed by atoms with van der Waals surface area (Å²) in [6, 6.07) is 0. The van der Waals surface area contributed by atoms with Crippen molar-refractivity contribution in [1.29, 1.82) is 0 Å². The molecule has 1 unspecified atom stereocenters. The van der Waals surface area contributed by atoms with Gasteiger partial charge in [0.15, 0.2) is 6.29 Å². The fraction of sp³-hybridized carbons (Fsp3) is 0.556. The van der Waals surface area contributed by atoms with E-state index >= 15 is 0 Å². The Morgan fingerprint density at radius 2 is 2.23 bits per heavy atom. The molecule has 4 nitrogen and oxygen atoms in total. The van der Waals surface area contributed by atoms with Gasteiger partial charge in [-0.15, -0.1) is 0 Å². The molecule has 1 N–H and O–H groups in total. The molecule has 0 fully saturated rings. The summed E-state index contributed by atoms with van der Waals surface area (Å²) < 4.78 is 1.66. The fourth-order valence-corrected chi connectivity index (χ4v) is 1.31. The van der Waals surface area contributed by atoms with Crippen molar-refractivity contribution in [2.75, 3.05) is 0 Å². The average molecular weight is 182 g/mol. The van der Waals surface area contributed by atoms with Crippen LogP contribution >= 0.6 is 0 Å². The molecule has 0 aliphatic heterocycles. The van der Waals surface area contributed by atoms with E-state index in [0.717, 1.165) is 12.0 Å². The molecule has 4 heteroatoms. The predicted octanol–water partition coefficient (Wildman–Crippen LogP) is 0.693. The van der Waals surface area contributed by atoms with E-state index in [0.29, 0.717) is 17.8 Å². The first-order chi connectivity index (χ1) is 6.06. The summed E-state index contributed by atoms with van der Waals surface area (Å²) >= 11 is 0. The normalized spacial score (nSPS) is 12.9. The minimum absolute atomic E-state index is 0.431. The maximum absolute atomic E-state index is 10.6. The van der Waals surface area contributed by atoms with Gasteiger partial charge in [-0.2, -0.15) is 5.10 Å². The van der Waals surface area contributed by atoms with E-state index in [-0.39, 0.29) is 0 Å². The summed E-state index contributed by atoms with van der Waals surface area (Å²) in [7, 11) is 0. The summed E-state index contributed by atoms with van der Waals surface area (Å²) in [6.07, 6.45) is 0.355. The lowest BCUT2D eigenvalue weighted by molar-refractivity contribution is 0.112. The van der Waals surface area contributed by atoms with Gasteiger partial charge in [0.1, 0.15) is 0 Å². The summed E-state index contributed by atoms with van der Waals surface area (Å²) in [5.41, 5.74) is 2.15. The van der Waals surface area contributed by atoms with Crippen molar-refractivity contribution in [3.8, 4) is 0 Å². The summed E-state index contributed by atoms with van der Waals surface area (Å²) in [5, 5.41) is 13.3. The zero-order valence-corrected chi connectivity index (χ0v) is 8.11. The van der Waals surface area contributed by atoms with E-state index in [9.17, 15) is 4.79 Å². The van der Waals surface area contributed by atoms with E-state index in [2.05, 4.69) is 5.10 Å². The average Bonchev–Trinajstić information content (AvgIpc) is 2.26. The van der Waals surface area contributed by atoms with Gasteiger partial charge in [0.2, 0.25) is 0 Å². The van der Waals surface area contributed by atoms with Crippen LogP contribution in [0.25, 0.3) is 0 Å². The van der Waals surface area contributed by atoms with Gasteiger partial charge in [-0.05, 0) is 20.8 Å². The second-order valence-electron chi connectivity index (χ2n) is 3.23. The van der Waals surface area contributed by atoms with Crippen molar-refractivity contribution in [2.24, 2.45) is 0 Å². The Hall–Kier alpha value is -1.16. The molecule has 1 aromatic heterocycles. The summed E-state index contributed by atoms with van der Waals surface area (Å²) in [4.78, 5) is 10.6. The second-order valence-corrected chi connectivity index (χ2v) is 3.23. The molecule has 0 radical (unpaired) electrons. The molecule has 72 valence electrons. The van der Waals surface area contributed by atoms with Gasteiger partial charge in [-0.25, -0.2) is 0 Å². The van der Waals surface area contributed by atoms with Crippen molar-refractivity contribution in [3.63, 3.8) is 0 Å². The van der Waals surface area contributed by atoms with E-state index in [1.807, 2.05) is 6.92 Å². The van der Waals surface area contributed by atoms with Crippen LogP contribution in [0.15, 0.2) is 0 Å². The smallest absolute Gasteiger partial charge is 0.153 e. The molecule has 0 aliphatic rings. The zero-order valence-electron chi connectivity index (χ0n) is 8.11. The molecule has 0 aliphatic carbocycles. The number of hydrogen-bond acceptors (Lipinski definition) is 3. The fourth-order valence-electron chi connectivity index (χ4n) is 1.31. The monoisotopic (exact) mass is 182 g/mol. The van der Waals surface area contributed by atoms with Crippen LogP contribution in [0, 0.1) is 13.8 Å². The highest BCUT2D eigenvalue weighted by atomic mass is 16.3. The molecule has 0 amide bonds. The minimum Gasteiger partial charge on any atom is -0.391 e. The first-order valence-corrected chi connectivity index (χ1v) is 4.23. The highest BCUT2D eigenvalue weighted by Gasteiger charge is 2.11. The Balaban J connectivity index is 3.03. The van der Waals surface area contributed by atoms with Gasteiger partial charge in [0, 0.05) is 5.69 Å². The van der Waals surface area contributed by atoms with Crippen molar-refractivity contribution in [1.82, 2.24) is 9.78 Å². The van der Waals surface area contributed by atoms with Crippen LogP contribution in [-0.4, -0.2) is 27.3 Å². The molecule has 0 bridgehead atoms. The van der Waals surface area contributed by atoms with Crippen molar-refractivity contribution < 1.29 is 9.90 Å². The number of aldehydes is 1. The van der Waals surface area contributed by atoms with Crippen LogP contribution in [0.1, 0.15) is 28.7 Å². The van der Waals surface area contributed by atoms with E-state index in [1.165, 1.54) is 0 Å². The highest BCUT2D eigenvalue weighted by Crippen LogP contribution is 2.10. The van der Waals surface area contributed by atoms with Crippen LogP contribution in [0.4, 0.5) is 0 Å². The number of aliphatic hydroxyl groups is 1. The Kier molecular flexibility index (Phi) is 2.83. The largest absolute Gasteiger partial charge is 0.391 e. The van der Waals surface area contributed by atoms with Crippen LogP contribution in [0.2, 0.25) is 0 Å². The maximum atomic E-state index is 10.6. The van der Waals surface area contributed by atoms with Crippen LogP contribution in [0.3, 0.4) is 0 Å². The Morgan fingerprint density at radius 1 is 1.62 bits per heavy atom. The predicted molar refractivity (Wildman–Crippen MR) is 48.8 cm³/mol. The summed E-state index contributed by atoms with van der Waals surface area (Å²) in [6.45, 7) is 5.74. The van der Waals surface area contributed by atoms with Crippen molar-refractivity contribution in [2.45, 2.75) is 33.4 Å². The van der Waals surface area contributed by atoms with Gasteiger partial charge in [-0.1, -0.05) is 0 Å². The van der Waals surface area contributed by atoms with E-state index < -0.39 is 6.10 Å². The van der Waals surface area contributed by atoms with Crippen LogP contribution < -0.4 is 0 Å². The third kappa shape index (κ3) is 1.95. The van der Waals surface area contributed by atoms with Crippen LogP contribution in [0.5, 0.6) is 0 Å². The first kappa shape index (κ1) is 9.92. The van der Waals surface area contributed by atoms with Crippen molar-refractivity contribution >= 4 is 6.29 Å². The maximum Gasteiger partial charge on any atom is 0.153 e. The summed E-state index contributed by atoms with van der Waals surface area (Å²) in [5.74, 6) is 0. The quantitative estimate of drug-likeness (QED) is 0.700. The Morgan fingerprint density at radius 3 is 2.62 bits per heavy atom. The van der Waals surface area contributed by atoms with Gasteiger partial charge < -0.3 is 5.11 Å². The molecule has 1 rings (SSSR count). The molecule has 1 atom stereocenters. The molecule has 1 aromatic rings. The SMILES string of the molecule is Cc1nn(CC(C)O)c(C)c1C=O. The first-order valence-electron chi connectivity index (χ1n) is 4.23. The standard InChI is InChI=1S/C9H14N2O2/c1-6(13)4-11-8(3)9(5-12)7(2)10-11/h5-6,13H,4H2,1-3H3. The van der Waals surface area contributed by atoms with Gasteiger partial charge in [0.05, 0.1) is 23.9 Å². The molecule has 0 saturated heterocycles. The third-order valence-corrected chi connectivity index (χ3v) is 1.99. The number of rotatable bonds is 3. The van der Waals surface area contributed by atoms with Gasteiger partial charge in [-0.3, -0.25) is 9.48 Å². The second kappa shape index (κ2) is 3.70. The van der Waals surface area contributed by atoms with E-state index in [4.69, 9.17) is 5.11 Å². The number of nitrogens with zero attached hydrogens (tertiary/aromatic N) is 2. The van der Waals surface area contributed by atoms with E-state index in [1.54, 1.807) is 18.5 Å².